The van der Waals surface area contributed by atoms with Gasteiger partial charge in [0.05, 0.1) is 5.52 Å². The maximum atomic E-state index is 13.0. The van der Waals surface area contributed by atoms with Crippen LogP contribution in [0.2, 0.25) is 0 Å². The number of hydrogen-bond donors (Lipinski definition) is 1. The van der Waals surface area contributed by atoms with E-state index in [2.05, 4.69) is 15.0 Å². The van der Waals surface area contributed by atoms with Gasteiger partial charge in [0.2, 0.25) is 11.8 Å². The third-order valence-corrected chi connectivity index (χ3v) is 6.24. The van der Waals surface area contributed by atoms with Gasteiger partial charge in [0.1, 0.15) is 5.82 Å². The molecular weight excluding hydrogens is 366 g/mol. The molecule has 0 atom stereocenters. The highest BCUT2D eigenvalue weighted by molar-refractivity contribution is 5.83. The number of carbonyl (C=O) groups excluding carboxylic acids is 2. The average molecular weight is 398 g/mol. The number of nitrogens with zero attached hydrogens (tertiary/aromatic N) is 4. The first-order chi connectivity index (χ1) is 13.8. The van der Waals surface area contributed by atoms with E-state index in [9.17, 15) is 9.59 Å². The SMILES string of the molecule is CC(C)(C)C(=O)N1CCC(C(=O)N2CCC(c3nc4ncccc4[nH]3)CC2)CC1. The average Bonchev–Trinajstić information content (AvgIpc) is 3.16. The van der Waals surface area contributed by atoms with E-state index >= 15 is 0 Å². The minimum absolute atomic E-state index is 0.0472. The molecule has 0 saturated carbocycles. The molecule has 2 aromatic heterocycles. The number of rotatable bonds is 2. The minimum atomic E-state index is -0.356. The Balaban J connectivity index is 1.30. The molecule has 2 amide bonds. The van der Waals surface area contributed by atoms with Gasteiger partial charge < -0.3 is 14.8 Å². The summed E-state index contributed by atoms with van der Waals surface area (Å²) in [5.74, 6) is 1.83. The highest BCUT2D eigenvalue weighted by Gasteiger charge is 2.35. The molecule has 4 rings (SSSR count). The smallest absolute Gasteiger partial charge is 0.227 e. The lowest BCUT2D eigenvalue weighted by Crippen LogP contribution is -2.48. The van der Waals surface area contributed by atoms with Crippen LogP contribution in [0.25, 0.3) is 11.2 Å². The zero-order valence-electron chi connectivity index (χ0n) is 17.6. The van der Waals surface area contributed by atoms with Gasteiger partial charge in [-0.25, -0.2) is 9.97 Å². The second kappa shape index (κ2) is 7.76. The Morgan fingerprint density at radius 1 is 1.03 bits per heavy atom. The number of hydrogen-bond acceptors (Lipinski definition) is 4. The number of fused-ring (bicyclic) bond motifs is 1. The van der Waals surface area contributed by atoms with Crippen LogP contribution in [0.4, 0.5) is 0 Å². The van der Waals surface area contributed by atoms with Crippen LogP contribution in [0.1, 0.15) is 58.2 Å². The zero-order valence-corrected chi connectivity index (χ0v) is 17.6. The number of amides is 2. The minimum Gasteiger partial charge on any atom is -0.342 e. The van der Waals surface area contributed by atoms with Crippen molar-refractivity contribution in [3.8, 4) is 0 Å². The summed E-state index contributed by atoms with van der Waals surface area (Å²) in [4.78, 5) is 41.7. The fourth-order valence-corrected chi connectivity index (χ4v) is 4.49. The molecule has 2 fully saturated rings. The van der Waals surface area contributed by atoms with E-state index in [0.717, 1.165) is 55.8 Å². The third-order valence-electron chi connectivity index (χ3n) is 6.24. The van der Waals surface area contributed by atoms with Crippen LogP contribution < -0.4 is 0 Å². The van der Waals surface area contributed by atoms with Crippen molar-refractivity contribution in [1.29, 1.82) is 0 Å². The lowest BCUT2D eigenvalue weighted by Gasteiger charge is -2.38. The number of aromatic amines is 1. The molecule has 2 aliphatic rings. The lowest BCUT2D eigenvalue weighted by atomic mass is 9.89. The second-order valence-corrected chi connectivity index (χ2v) is 9.41. The Hall–Kier alpha value is -2.44. The number of carbonyl (C=O) groups is 2. The Morgan fingerprint density at radius 2 is 1.69 bits per heavy atom. The van der Waals surface area contributed by atoms with Crippen LogP contribution in [0, 0.1) is 11.3 Å². The van der Waals surface area contributed by atoms with Crippen molar-refractivity contribution in [2.75, 3.05) is 26.2 Å². The second-order valence-electron chi connectivity index (χ2n) is 9.41. The largest absolute Gasteiger partial charge is 0.342 e. The van der Waals surface area contributed by atoms with Crippen LogP contribution in [0.3, 0.4) is 0 Å². The molecule has 1 N–H and O–H groups in total. The van der Waals surface area contributed by atoms with Crippen molar-refractivity contribution < 1.29 is 9.59 Å². The maximum Gasteiger partial charge on any atom is 0.227 e. The van der Waals surface area contributed by atoms with Gasteiger partial charge in [-0.05, 0) is 37.8 Å². The van der Waals surface area contributed by atoms with E-state index in [-0.39, 0.29) is 23.1 Å². The van der Waals surface area contributed by atoms with Crippen molar-refractivity contribution in [2.45, 2.75) is 52.4 Å². The number of H-pyrrole nitrogens is 1. The topological polar surface area (TPSA) is 82.2 Å². The lowest BCUT2D eigenvalue weighted by molar-refractivity contribution is -0.145. The summed E-state index contributed by atoms with van der Waals surface area (Å²) < 4.78 is 0. The molecule has 0 aromatic carbocycles. The summed E-state index contributed by atoms with van der Waals surface area (Å²) in [6.07, 6.45) is 5.15. The first-order valence-electron chi connectivity index (χ1n) is 10.7. The van der Waals surface area contributed by atoms with Gasteiger partial charge in [0, 0.05) is 49.6 Å². The number of piperidine rings is 2. The summed E-state index contributed by atoms with van der Waals surface area (Å²) in [6, 6.07) is 3.90. The van der Waals surface area contributed by atoms with Gasteiger partial charge in [-0.1, -0.05) is 20.8 Å². The zero-order chi connectivity index (χ0) is 20.6. The van der Waals surface area contributed by atoms with Crippen molar-refractivity contribution in [2.24, 2.45) is 11.3 Å². The van der Waals surface area contributed by atoms with E-state index in [1.165, 1.54) is 0 Å². The van der Waals surface area contributed by atoms with Crippen molar-refractivity contribution in [3.05, 3.63) is 24.2 Å². The maximum absolute atomic E-state index is 13.0. The molecule has 7 heteroatoms. The van der Waals surface area contributed by atoms with Gasteiger partial charge >= 0.3 is 0 Å². The Morgan fingerprint density at radius 3 is 2.31 bits per heavy atom. The van der Waals surface area contributed by atoms with E-state index in [1.807, 2.05) is 42.7 Å². The summed E-state index contributed by atoms with van der Waals surface area (Å²) in [5, 5.41) is 0. The molecule has 156 valence electrons. The van der Waals surface area contributed by atoms with Gasteiger partial charge in [0.15, 0.2) is 5.65 Å². The highest BCUT2D eigenvalue weighted by Crippen LogP contribution is 2.30. The molecule has 0 unspecified atom stereocenters. The Labute approximate surface area is 171 Å². The monoisotopic (exact) mass is 397 g/mol. The summed E-state index contributed by atoms with van der Waals surface area (Å²) in [6.45, 7) is 8.78. The molecule has 0 radical (unpaired) electrons. The van der Waals surface area contributed by atoms with Crippen LogP contribution in [-0.4, -0.2) is 62.7 Å². The van der Waals surface area contributed by atoms with Gasteiger partial charge in [-0.3, -0.25) is 9.59 Å². The highest BCUT2D eigenvalue weighted by atomic mass is 16.2. The number of likely N-dealkylation sites (tertiary alicyclic amines) is 2. The third kappa shape index (κ3) is 4.14. The number of aromatic nitrogens is 3. The van der Waals surface area contributed by atoms with Crippen LogP contribution in [0.15, 0.2) is 18.3 Å². The van der Waals surface area contributed by atoms with E-state index in [4.69, 9.17) is 0 Å². The normalized spacial score (nSPS) is 19.7. The molecule has 7 nitrogen and oxygen atoms in total. The molecule has 29 heavy (non-hydrogen) atoms. The summed E-state index contributed by atoms with van der Waals surface area (Å²) in [5.41, 5.74) is 1.38. The summed E-state index contributed by atoms with van der Waals surface area (Å²) in [7, 11) is 0. The molecule has 0 aliphatic carbocycles. The first-order valence-corrected chi connectivity index (χ1v) is 10.7. The van der Waals surface area contributed by atoms with Crippen molar-refractivity contribution in [3.63, 3.8) is 0 Å². The van der Waals surface area contributed by atoms with Crippen LogP contribution >= 0.6 is 0 Å². The number of imidazole rings is 1. The molecule has 2 aromatic rings. The summed E-state index contributed by atoms with van der Waals surface area (Å²) >= 11 is 0. The predicted molar refractivity (Wildman–Crippen MR) is 111 cm³/mol. The fourth-order valence-electron chi connectivity index (χ4n) is 4.49. The van der Waals surface area contributed by atoms with Gasteiger partial charge in [-0.15, -0.1) is 0 Å². The quantitative estimate of drug-likeness (QED) is 0.845. The molecular formula is C22H31N5O2. The van der Waals surface area contributed by atoms with Gasteiger partial charge in [-0.2, -0.15) is 0 Å². The number of pyridine rings is 1. The Kier molecular flexibility index (Phi) is 5.32. The standard InChI is InChI=1S/C22H31N5O2/c1-22(2,3)21(29)27-13-8-16(9-14-27)20(28)26-11-6-15(7-12-26)18-24-17-5-4-10-23-19(17)25-18/h4-5,10,15-16H,6-9,11-14H2,1-3H3,(H,23,24,25). The first kappa shape index (κ1) is 19.9. The molecule has 2 aliphatic heterocycles. The van der Waals surface area contributed by atoms with Crippen LogP contribution in [-0.2, 0) is 9.59 Å². The fraction of sp³-hybridized carbons (Fsp3) is 0.636. The van der Waals surface area contributed by atoms with E-state index in [1.54, 1.807) is 6.20 Å². The van der Waals surface area contributed by atoms with E-state index < -0.39 is 0 Å². The Bertz CT molecular complexity index is 851. The number of nitrogens with one attached hydrogen (secondary N) is 1. The van der Waals surface area contributed by atoms with Gasteiger partial charge in [0.25, 0.3) is 0 Å². The molecule has 4 heterocycles. The van der Waals surface area contributed by atoms with Crippen molar-refractivity contribution >= 4 is 23.0 Å². The van der Waals surface area contributed by atoms with E-state index in [0.29, 0.717) is 19.0 Å². The molecule has 0 spiro atoms. The predicted octanol–water partition coefficient (Wildman–Crippen LogP) is 2.95. The van der Waals surface area contributed by atoms with Crippen molar-refractivity contribution in [1.82, 2.24) is 24.8 Å². The molecule has 0 bridgehead atoms. The molecule has 2 saturated heterocycles. The van der Waals surface area contributed by atoms with Crippen LogP contribution in [0.5, 0.6) is 0 Å².